The van der Waals surface area contributed by atoms with Gasteiger partial charge in [-0.3, -0.25) is 9.89 Å². The van der Waals surface area contributed by atoms with Gasteiger partial charge >= 0.3 is 0 Å². The maximum absolute atomic E-state index is 5.29. The molecule has 2 N–H and O–H groups in total. The summed E-state index contributed by atoms with van der Waals surface area (Å²) < 4.78 is 0. The Morgan fingerprint density at radius 1 is 1.30 bits per heavy atom. The molecular formula is C15H26N4S. The highest BCUT2D eigenvalue weighted by Crippen LogP contribution is 2.36. The van der Waals surface area contributed by atoms with Crippen molar-refractivity contribution in [2.24, 2.45) is 4.99 Å². The summed E-state index contributed by atoms with van der Waals surface area (Å²) in [6, 6.07) is 0. The second-order valence-corrected chi connectivity index (χ2v) is 6.74. The predicted molar refractivity (Wildman–Crippen MR) is 88.3 cm³/mol. The summed E-state index contributed by atoms with van der Waals surface area (Å²) in [6.07, 6.45) is 10.6. The van der Waals surface area contributed by atoms with Crippen LogP contribution < -0.4 is 10.6 Å². The number of nitrogens with one attached hydrogen (secondary N) is 2. The Morgan fingerprint density at radius 3 is 2.60 bits per heavy atom. The molecule has 2 rings (SSSR count). The van der Waals surface area contributed by atoms with E-state index in [9.17, 15) is 0 Å². The molecule has 0 aromatic rings. The lowest BCUT2D eigenvalue weighted by Gasteiger charge is -2.43. The van der Waals surface area contributed by atoms with Gasteiger partial charge in [-0.05, 0) is 12.8 Å². The lowest BCUT2D eigenvalue weighted by Crippen LogP contribution is -2.57. The van der Waals surface area contributed by atoms with Gasteiger partial charge in [0.1, 0.15) is 0 Å². The van der Waals surface area contributed by atoms with E-state index in [4.69, 9.17) is 6.42 Å². The normalized spacial score (nSPS) is 23.3. The van der Waals surface area contributed by atoms with Crippen molar-refractivity contribution >= 4 is 17.7 Å². The molecule has 20 heavy (non-hydrogen) atoms. The van der Waals surface area contributed by atoms with Crippen molar-refractivity contribution in [1.29, 1.82) is 0 Å². The number of thioether (sulfide) groups is 1. The van der Waals surface area contributed by atoms with Gasteiger partial charge in [0.15, 0.2) is 5.96 Å². The molecule has 0 amide bonds. The average Bonchev–Trinajstić information content (AvgIpc) is 2.98. The van der Waals surface area contributed by atoms with E-state index in [1.807, 2.05) is 0 Å². The molecule has 0 atom stereocenters. The minimum absolute atomic E-state index is 0.328. The fraction of sp³-hybridized carbons (Fsp3) is 0.800. The molecule has 0 aromatic heterocycles. The number of nitrogens with zero attached hydrogens (tertiary/aromatic N) is 2. The van der Waals surface area contributed by atoms with Crippen LogP contribution in [-0.2, 0) is 0 Å². The van der Waals surface area contributed by atoms with Crippen LogP contribution in [0.5, 0.6) is 0 Å². The van der Waals surface area contributed by atoms with Crippen LogP contribution in [0.25, 0.3) is 0 Å². The molecule has 1 aliphatic carbocycles. The lowest BCUT2D eigenvalue weighted by molar-refractivity contribution is 0.107. The third kappa shape index (κ3) is 3.83. The first kappa shape index (κ1) is 15.5. The summed E-state index contributed by atoms with van der Waals surface area (Å²) >= 11 is 2.08. The summed E-state index contributed by atoms with van der Waals surface area (Å²) in [7, 11) is 1.80. The second kappa shape index (κ2) is 7.80. The Labute approximate surface area is 127 Å². The van der Waals surface area contributed by atoms with Gasteiger partial charge in [0.05, 0.1) is 6.54 Å². The molecule has 2 aliphatic rings. The Kier molecular flexibility index (Phi) is 6.06. The van der Waals surface area contributed by atoms with Crippen molar-refractivity contribution in [1.82, 2.24) is 15.5 Å². The molecule has 0 aromatic carbocycles. The Balaban J connectivity index is 1.93. The van der Waals surface area contributed by atoms with Gasteiger partial charge in [-0.15, -0.1) is 6.42 Å². The van der Waals surface area contributed by atoms with Gasteiger partial charge in [-0.2, -0.15) is 11.8 Å². The zero-order valence-corrected chi connectivity index (χ0v) is 13.3. The molecule has 2 fully saturated rings. The highest BCUT2D eigenvalue weighted by molar-refractivity contribution is 7.99. The summed E-state index contributed by atoms with van der Waals surface area (Å²) in [6.45, 7) is 3.94. The number of terminal acetylenes is 1. The van der Waals surface area contributed by atoms with Crippen molar-refractivity contribution in [3.05, 3.63) is 0 Å². The SMILES string of the molecule is C#CCNC(=NC)NCC1(N2CCSCC2)CCCC1. The quantitative estimate of drug-likeness (QED) is 0.463. The number of hydrogen-bond acceptors (Lipinski definition) is 3. The first-order valence-corrected chi connectivity index (χ1v) is 8.67. The molecule has 1 heterocycles. The number of aliphatic imine (C=N–C) groups is 1. The standard InChI is InChI=1S/C15H26N4S/c1-3-8-17-14(16-2)18-13-15(6-4-5-7-15)19-9-11-20-12-10-19/h1H,4-13H2,2H3,(H2,16,17,18). The summed E-state index contributed by atoms with van der Waals surface area (Å²) in [5.74, 6) is 5.95. The fourth-order valence-corrected chi connectivity index (χ4v) is 4.18. The molecule has 0 unspecified atom stereocenters. The first-order chi connectivity index (χ1) is 9.80. The highest BCUT2D eigenvalue weighted by Gasteiger charge is 2.39. The fourth-order valence-electron chi connectivity index (χ4n) is 3.28. The topological polar surface area (TPSA) is 39.7 Å². The van der Waals surface area contributed by atoms with E-state index in [0.717, 1.165) is 12.5 Å². The molecule has 112 valence electrons. The Bertz CT molecular complexity index is 363. The minimum Gasteiger partial charge on any atom is -0.355 e. The van der Waals surface area contributed by atoms with Crippen molar-refractivity contribution in [2.45, 2.75) is 31.2 Å². The Morgan fingerprint density at radius 2 is 2.00 bits per heavy atom. The maximum atomic E-state index is 5.29. The van der Waals surface area contributed by atoms with E-state index in [2.05, 4.69) is 38.2 Å². The first-order valence-electron chi connectivity index (χ1n) is 7.51. The van der Waals surface area contributed by atoms with Gasteiger partial charge in [0.2, 0.25) is 0 Å². The van der Waals surface area contributed by atoms with Gasteiger partial charge in [-0.25, -0.2) is 0 Å². The molecule has 1 saturated carbocycles. The average molecular weight is 294 g/mol. The molecule has 0 spiro atoms. The van der Waals surface area contributed by atoms with Crippen molar-refractivity contribution in [3.63, 3.8) is 0 Å². The van der Waals surface area contributed by atoms with Gasteiger partial charge in [-0.1, -0.05) is 18.8 Å². The third-order valence-electron chi connectivity index (χ3n) is 4.38. The van der Waals surface area contributed by atoms with Crippen LogP contribution in [0.4, 0.5) is 0 Å². The van der Waals surface area contributed by atoms with E-state index in [1.54, 1.807) is 7.05 Å². The summed E-state index contributed by atoms with van der Waals surface area (Å²) in [5.41, 5.74) is 0.328. The maximum Gasteiger partial charge on any atom is 0.191 e. The molecule has 0 radical (unpaired) electrons. The third-order valence-corrected chi connectivity index (χ3v) is 5.33. The zero-order chi connectivity index (χ0) is 14.3. The monoisotopic (exact) mass is 294 g/mol. The Hall–Kier alpha value is -0.860. The van der Waals surface area contributed by atoms with Gasteiger partial charge in [0.25, 0.3) is 0 Å². The minimum atomic E-state index is 0.328. The van der Waals surface area contributed by atoms with E-state index in [-0.39, 0.29) is 0 Å². The van der Waals surface area contributed by atoms with Crippen molar-refractivity contribution in [2.75, 3.05) is 44.7 Å². The molecule has 0 bridgehead atoms. The van der Waals surface area contributed by atoms with Crippen LogP contribution in [0.15, 0.2) is 4.99 Å². The van der Waals surface area contributed by atoms with E-state index >= 15 is 0 Å². The smallest absolute Gasteiger partial charge is 0.191 e. The van der Waals surface area contributed by atoms with Crippen molar-refractivity contribution in [3.8, 4) is 12.3 Å². The molecular weight excluding hydrogens is 268 g/mol. The van der Waals surface area contributed by atoms with Crippen LogP contribution in [0.3, 0.4) is 0 Å². The van der Waals surface area contributed by atoms with E-state index in [1.165, 1.54) is 50.3 Å². The highest BCUT2D eigenvalue weighted by atomic mass is 32.2. The number of hydrogen-bond donors (Lipinski definition) is 2. The van der Waals surface area contributed by atoms with E-state index in [0.29, 0.717) is 12.1 Å². The van der Waals surface area contributed by atoms with Crippen LogP contribution in [0, 0.1) is 12.3 Å². The summed E-state index contributed by atoms with van der Waals surface area (Å²) in [5, 5.41) is 6.62. The summed E-state index contributed by atoms with van der Waals surface area (Å²) in [4.78, 5) is 6.95. The van der Waals surface area contributed by atoms with Crippen LogP contribution in [0.2, 0.25) is 0 Å². The van der Waals surface area contributed by atoms with E-state index < -0.39 is 0 Å². The van der Waals surface area contributed by atoms with Crippen LogP contribution in [-0.4, -0.2) is 61.1 Å². The zero-order valence-electron chi connectivity index (χ0n) is 12.5. The molecule has 1 saturated heterocycles. The van der Waals surface area contributed by atoms with Gasteiger partial charge < -0.3 is 10.6 Å². The predicted octanol–water partition coefficient (Wildman–Crippen LogP) is 1.15. The van der Waals surface area contributed by atoms with Crippen molar-refractivity contribution < 1.29 is 0 Å². The van der Waals surface area contributed by atoms with Crippen LogP contribution in [0.1, 0.15) is 25.7 Å². The molecule has 5 heteroatoms. The molecule has 1 aliphatic heterocycles. The molecule has 4 nitrogen and oxygen atoms in total. The lowest BCUT2D eigenvalue weighted by atomic mass is 9.94. The van der Waals surface area contributed by atoms with Crippen LogP contribution >= 0.6 is 11.8 Å². The van der Waals surface area contributed by atoms with Gasteiger partial charge in [0, 0.05) is 43.7 Å². The second-order valence-electron chi connectivity index (χ2n) is 5.51. The number of guanidine groups is 1. The largest absolute Gasteiger partial charge is 0.355 e. The number of rotatable bonds is 4.